The normalized spacial score (nSPS) is 11.6. The molecule has 0 aliphatic carbocycles. The highest BCUT2D eigenvalue weighted by Crippen LogP contribution is 2.18. The Labute approximate surface area is 145 Å². The minimum atomic E-state index is -1.09. The average Bonchev–Trinajstić information content (AvgIpc) is 2.60. The summed E-state index contributed by atoms with van der Waals surface area (Å²) in [4.78, 5) is 23.4. The van der Waals surface area contributed by atoms with Gasteiger partial charge in [-0.1, -0.05) is 36.4 Å². The maximum Gasteiger partial charge on any atom is 0.326 e. The van der Waals surface area contributed by atoms with Crippen LogP contribution in [0.3, 0.4) is 0 Å². The number of carbonyl (C=O) groups excluding carboxylic acids is 1. The van der Waals surface area contributed by atoms with Crippen LogP contribution in [0.2, 0.25) is 0 Å². The van der Waals surface area contributed by atoms with Crippen LogP contribution in [0, 0.1) is 5.82 Å². The molecule has 0 heterocycles. The van der Waals surface area contributed by atoms with Crippen molar-refractivity contribution in [2.24, 2.45) is 0 Å². The number of hydrogen-bond acceptors (Lipinski definition) is 3. The molecule has 132 valence electrons. The van der Waals surface area contributed by atoms with E-state index in [-0.39, 0.29) is 24.5 Å². The molecule has 0 aliphatic heterocycles. The third kappa shape index (κ3) is 5.60. The van der Waals surface area contributed by atoms with Gasteiger partial charge >= 0.3 is 5.97 Å². The number of benzene rings is 2. The molecule has 6 heteroatoms. The summed E-state index contributed by atoms with van der Waals surface area (Å²) in [6, 6.07) is 12.6. The fourth-order valence-electron chi connectivity index (χ4n) is 2.44. The highest BCUT2D eigenvalue weighted by Gasteiger charge is 2.20. The van der Waals surface area contributed by atoms with Crippen LogP contribution in [-0.2, 0) is 22.4 Å². The first-order chi connectivity index (χ1) is 12.0. The maximum absolute atomic E-state index is 13.6. The minimum Gasteiger partial charge on any atom is -0.494 e. The molecule has 1 atom stereocenters. The van der Waals surface area contributed by atoms with Crippen LogP contribution in [0.4, 0.5) is 4.39 Å². The molecule has 2 aromatic carbocycles. The average molecular weight is 345 g/mol. The van der Waals surface area contributed by atoms with Crippen LogP contribution < -0.4 is 10.1 Å². The number of amides is 1. The van der Waals surface area contributed by atoms with E-state index in [1.54, 1.807) is 6.07 Å². The van der Waals surface area contributed by atoms with E-state index in [1.165, 1.54) is 19.2 Å². The Morgan fingerprint density at radius 3 is 2.48 bits per heavy atom. The molecular formula is C19H20FNO4. The molecule has 0 aromatic heterocycles. The van der Waals surface area contributed by atoms with Gasteiger partial charge in [0.15, 0.2) is 11.6 Å². The lowest BCUT2D eigenvalue weighted by Crippen LogP contribution is -2.42. The molecule has 1 unspecified atom stereocenters. The Kier molecular flexibility index (Phi) is 6.51. The second-order valence-electron chi connectivity index (χ2n) is 5.62. The number of aliphatic carboxylic acids is 1. The number of carboxylic acid groups (broad SMARTS) is 1. The summed E-state index contributed by atoms with van der Waals surface area (Å²) in [5, 5.41) is 11.8. The molecule has 2 aromatic rings. The van der Waals surface area contributed by atoms with Gasteiger partial charge in [0.2, 0.25) is 5.91 Å². The van der Waals surface area contributed by atoms with E-state index in [0.29, 0.717) is 12.0 Å². The van der Waals surface area contributed by atoms with Gasteiger partial charge in [-0.05, 0) is 29.7 Å². The zero-order valence-corrected chi connectivity index (χ0v) is 13.9. The van der Waals surface area contributed by atoms with Crippen LogP contribution in [-0.4, -0.2) is 30.1 Å². The van der Waals surface area contributed by atoms with Gasteiger partial charge in [0.05, 0.1) is 7.11 Å². The summed E-state index contributed by atoms with van der Waals surface area (Å²) >= 11 is 0. The van der Waals surface area contributed by atoms with Crippen molar-refractivity contribution in [2.45, 2.75) is 25.3 Å². The van der Waals surface area contributed by atoms with Crippen molar-refractivity contribution in [2.75, 3.05) is 7.11 Å². The molecule has 0 radical (unpaired) electrons. The molecule has 0 aliphatic rings. The highest BCUT2D eigenvalue weighted by atomic mass is 19.1. The Morgan fingerprint density at radius 2 is 1.88 bits per heavy atom. The van der Waals surface area contributed by atoms with Crippen molar-refractivity contribution >= 4 is 11.9 Å². The van der Waals surface area contributed by atoms with Gasteiger partial charge in [0, 0.05) is 12.8 Å². The Hall–Kier alpha value is -2.89. The van der Waals surface area contributed by atoms with E-state index < -0.39 is 17.8 Å². The Balaban J connectivity index is 1.90. The monoisotopic (exact) mass is 345 g/mol. The molecule has 2 N–H and O–H groups in total. The van der Waals surface area contributed by atoms with E-state index in [4.69, 9.17) is 4.74 Å². The molecule has 5 nitrogen and oxygen atoms in total. The first kappa shape index (κ1) is 18.4. The summed E-state index contributed by atoms with van der Waals surface area (Å²) in [6.07, 6.45) is 0.591. The summed E-state index contributed by atoms with van der Waals surface area (Å²) in [5.74, 6) is -1.83. The second-order valence-corrected chi connectivity index (χ2v) is 5.62. The third-order valence-corrected chi connectivity index (χ3v) is 3.77. The zero-order chi connectivity index (χ0) is 18.2. The van der Waals surface area contributed by atoms with Gasteiger partial charge in [-0.25, -0.2) is 9.18 Å². The standard InChI is InChI=1S/C19H20FNO4/c1-25-17-9-7-14(11-15(17)20)8-10-18(22)21-16(19(23)24)12-13-5-3-2-4-6-13/h2-7,9,11,16H,8,10,12H2,1H3,(H,21,22)(H,23,24). The van der Waals surface area contributed by atoms with Crippen LogP contribution in [0.15, 0.2) is 48.5 Å². The molecule has 25 heavy (non-hydrogen) atoms. The molecular weight excluding hydrogens is 325 g/mol. The van der Waals surface area contributed by atoms with Crippen molar-refractivity contribution in [1.29, 1.82) is 0 Å². The summed E-state index contributed by atoms with van der Waals surface area (Å²) in [7, 11) is 1.38. The van der Waals surface area contributed by atoms with Crippen LogP contribution >= 0.6 is 0 Å². The second kappa shape index (κ2) is 8.82. The zero-order valence-electron chi connectivity index (χ0n) is 13.9. The number of aryl methyl sites for hydroxylation is 1. The molecule has 2 rings (SSSR count). The number of carboxylic acids is 1. The SMILES string of the molecule is COc1ccc(CCC(=O)NC(Cc2ccccc2)C(=O)O)cc1F. The molecule has 0 saturated carbocycles. The number of nitrogens with one attached hydrogen (secondary N) is 1. The lowest BCUT2D eigenvalue weighted by atomic mass is 10.1. The predicted octanol–water partition coefficient (Wildman–Crippen LogP) is 2.58. The fraction of sp³-hybridized carbons (Fsp3) is 0.263. The van der Waals surface area contributed by atoms with Gasteiger partial charge in [0.1, 0.15) is 6.04 Å². The van der Waals surface area contributed by atoms with Gasteiger partial charge in [-0.3, -0.25) is 4.79 Å². The molecule has 0 fully saturated rings. The molecule has 1 amide bonds. The largest absolute Gasteiger partial charge is 0.494 e. The molecule has 0 spiro atoms. The van der Waals surface area contributed by atoms with Crippen molar-refractivity contribution in [1.82, 2.24) is 5.32 Å². The Morgan fingerprint density at radius 1 is 1.16 bits per heavy atom. The topological polar surface area (TPSA) is 75.6 Å². The van der Waals surface area contributed by atoms with E-state index >= 15 is 0 Å². The van der Waals surface area contributed by atoms with E-state index in [2.05, 4.69) is 5.32 Å². The third-order valence-electron chi connectivity index (χ3n) is 3.77. The lowest BCUT2D eigenvalue weighted by Gasteiger charge is -2.14. The number of ether oxygens (including phenoxy) is 1. The summed E-state index contributed by atoms with van der Waals surface area (Å²) < 4.78 is 18.5. The summed E-state index contributed by atoms with van der Waals surface area (Å²) in [6.45, 7) is 0. The minimum absolute atomic E-state index is 0.0737. The van der Waals surface area contributed by atoms with Gasteiger partial charge in [0.25, 0.3) is 0 Å². The summed E-state index contributed by atoms with van der Waals surface area (Å²) in [5.41, 5.74) is 1.47. The first-order valence-corrected chi connectivity index (χ1v) is 7.88. The van der Waals surface area contributed by atoms with Crippen LogP contribution in [0.25, 0.3) is 0 Å². The number of methoxy groups -OCH3 is 1. The van der Waals surface area contributed by atoms with Crippen molar-refractivity contribution in [3.05, 3.63) is 65.5 Å². The maximum atomic E-state index is 13.6. The number of carbonyl (C=O) groups is 2. The van der Waals surface area contributed by atoms with E-state index in [0.717, 1.165) is 5.56 Å². The van der Waals surface area contributed by atoms with Crippen molar-refractivity contribution in [3.63, 3.8) is 0 Å². The van der Waals surface area contributed by atoms with Crippen LogP contribution in [0.5, 0.6) is 5.75 Å². The Bertz CT molecular complexity index is 733. The quantitative estimate of drug-likeness (QED) is 0.771. The van der Waals surface area contributed by atoms with Gasteiger partial charge in [-0.15, -0.1) is 0 Å². The first-order valence-electron chi connectivity index (χ1n) is 7.88. The number of hydrogen-bond donors (Lipinski definition) is 2. The number of halogens is 1. The predicted molar refractivity (Wildman–Crippen MR) is 91.0 cm³/mol. The fourth-order valence-corrected chi connectivity index (χ4v) is 2.44. The molecule has 0 saturated heterocycles. The van der Waals surface area contributed by atoms with Crippen LogP contribution in [0.1, 0.15) is 17.5 Å². The smallest absolute Gasteiger partial charge is 0.326 e. The van der Waals surface area contributed by atoms with Crippen molar-refractivity contribution < 1.29 is 23.8 Å². The van der Waals surface area contributed by atoms with Gasteiger partial charge in [-0.2, -0.15) is 0 Å². The van der Waals surface area contributed by atoms with E-state index in [1.807, 2.05) is 30.3 Å². The number of rotatable bonds is 8. The molecule has 0 bridgehead atoms. The van der Waals surface area contributed by atoms with Crippen molar-refractivity contribution in [3.8, 4) is 5.75 Å². The van der Waals surface area contributed by atoms with Gasteiger partial charge < -0.3 is 15.2 Å². The lowest BCUT2D eigenvalue weighted by molar-refractivity contribution is -0.141. The highest BCUT2D eigenvalue weighted by molar-refractivity contribution is 5.83. The van der Waals surface area contributed by atoms with E-state index in [9.17, 15) is 19.1 Å².